The van der Waals surface area contributed by atoms with Crippen molar-refractivity contribution in [1.82, 2.24) is 9.36 Å². The Bertz CT molecular complexity index is 1240. The molecule has 2 heterocycles. The summed E-state index contributed by atoms with van der Waals surface area (Å²) in [6.45, 7) is 0.165. The van der Waals surface area contributed by atoms with Gasteiger partial charge in [-0.2, -0.15) is 0 Å². The van der Waals surface area contributed by atoms with Gasteiger partial charge in [0.25, 0.3) is 0 Å². The van der Waals surface area contributed by atoms with Crippen molar-refractivity contribution in [3.05, 3.63) is 76.9 Å². The second-order valence-corrected chi connectivity index (χ2v) is 8.52. The van der Waals surface area contributed by atoms with Gasteiger partial charge in [-0.15, -0.1) is 0 Å². The highest BCUT2D eigenvalue weighted by molar-refractivity contribution is 7.19. The van der Waals surface area contributed by atoms with Crippen LogP contribution in [-0.4, -0.2) is 33.1 Å². The van der Waals surface area contributed by atoms with Crippen molar-refractivity contribution in [2.75, 3.05) is 11.9 Å². The van der Waals surface area contributed by atoms with Gasteiger partial charge in [0.2, 0.25) is 0 Å². The number of carboxylic acids is 1. The first kappa shape index (κ1) is 19.4. The molecule has 2 N–H and O–H groups in total. The fourth-order valence-electron chi connectivity index (χ4n) is 3.75. The van der Waals surface area contributed by atoms with Gasteiger partial charge in [0.05, 0.1) is 4.88 Å². The first-order valence-corrected chi connectivity index (χ1v) is 11.0. The maximum absolute atomic E-state index is 12.4. The molecular weight excluding hydrogens is 434 g/mol. The molecule has 0 saturated carbocycles. The summed E-state index contributed by atoms with van der Waals surface area (Å²) in [5.41, 5.74) is 5.05. The highest BCUT2D eigenvalue weighted by atomic mass is 32.1. The minimum absolute atomic E-state index is 0.0588. The number of hydrogen-bond donors (Lipinski definition) is 2. The molecule has 2 aromatic heterocycles. The summed E-state index contributed by atoms with van der Waals surface area (Å²) < 4.78 is 9.50. The second kappa shape index (κ2) is 7.93. The van der Waals surface area contributed by atoms with E-state index in [0.29, 0.717) is 10.4 Å². The summed E-state index contributed by atoms with van der Waals surface area (Å²) in [6, 6.07) is 16.2. The van der Waals surface area contributed by atoms with E-state index in [1.165, 1.54) is 11.5 Å². The van der Waals surface area contributed by atoms with Gasteiger partial charge in [-0.1, -0.05) is 59.9 Å². The molecule has 31 heavy (non-hydrogen) atoms. The lowest BCUT2D eigenvalue weighted by molar-refractivity contribution is 0.0692. The minimum Gasteiger partial charge on any atom is -0.476 e. The van der Waals surface area contributed by atoms with Crippen LogP contribution in [0.25, 0.3) is 21.6 Å². The molecule has 9 heteroatoms. The first-order valence-electron chi connectivity index (χ1n) is 9.37. The van der Waals surface area contributed by atoms with E-state index in [9.17, 15) is 14.7 Å². The van der Waals surface area contributed by atoms with Crippen LogP contribution < -0.4 is 5.32 Å². The van der Waals surface area contributed by atoms with Gasteiger partial charge in [0.1, 0.15) is 6.61 Å². The maximum atomic E-state index is 12.4. The number of ether oxygens (including phenoxy) is 1. The molecule has 4 aromatic rings. The summed E-state index contributed by atoms with van der Waals surface area (Å²) in [6.07, 6.45) is 0.893. The minimum atomic E-state index is -1.17. The largest absolute Gasteiger partial charge is 0.476 e. The van der Waals surface area contributed by atoms with E-state index in [-0.39, 0.29) is 23.4 Å². The normalized spacial score (nSPS) is 12.3. The van der Waals surface area contributed by atoms with Crippen molar-refractivity contribution in [1.29, 1.82) is 0 Å². The number of fused-ring (bicyclic) bond motifs is 3. The molecule has 0 aliphatic heterocycles. The number of rotatable bonds is 5. The molecule has 0 saturated heterocycles. The number of benzene rings is 2. The number of nitrogens with zero attached hydrogens (tertiary/aromatic N) is 2. The molecule has 1 aliphatic rings. The third kappa shape index (κ3) is 3.58. The third-order valence-electron chi connectivity index (χ3n) is 5.08. The zero-order chi connectivity index (χ0) is 21.4. The van der Waals surface area contributed by atoms with Crippen LogP contribution in [0.15, 0.2) is 60.1 Å². The number of amides is 1. The summed E-state index contributed by atoms with van der Waals surface area (Å²) in [5.74, 6) is -1.23. The van der Waals surface area contributed by atoms with E-state index in [1.807, 2.05) is 36.4 Å². The monoisotopic (exact) mass is 449 g/mol. The van der Waals surface area contributed by atoms with Crippen molar-refractivity contribution in [3.63, 3.8) is 0 Å². The topological polar surface area (TPSA) is 101 Å². The lowest BCUT2D eigenvalue weighted by atomic mass is 9.98. The van der Waals surface area contributed by atoms with Crippen LogP contribution >= 0.6 is 22.9 Å². The molecule has 7 nitrogen and oxygen atoms in total. The molecule has 1 amide bonds. The Labute approximate surface area is 185 Å². The lowest BCUT2D eigenvalue weighted by Gasteiger charge is -2.14. The summed E-state index contributed by atoms with van der Waals surface area (Å²) in [5, 5.41) is 13.9. The maximum Gasteiger partial charge on any atom is 0.413 e. The number of aromatic nitrogens is 2. The molecule has 0 bridgehead atoms. The van der Waals surface area contributed by atoms with Crippen LogP contribution in [0.1, 0.15) is 27.5 Å². The zero-order valence-electron chi connectivity index (χ0n) is 15.9. The summed E-state index contributed by atoms with van der Waals surface area (Å²) >= 11 is 2.28. The van der Waals surface area contributed by atoms with E-state index in [2.05, 4.69) is 26.8 Å². The predicted molar refractivity (Wildman–Crippen MR) is 119 cm³/mol. The zero-order valence-corrected chi connectivity index (χ0v) is 17.6. The van der Waals surface area contributed by atoms with Gasteiger partial charge >= 0.3 is 12.1 Å². The van der Waals surface area contributed by atoms with Crippen molar-refractivity contribution >= 4 is 40.1 Å². The number of carboxylic acid groups (broad SMARTS) is 1. The third-order valence-corrected chi connectivity index (χ3v) is 6.68. The van der Waals surface area contributed by atoms with Crippen molar-refractivity contribution < 1.29 is 19.4 Å². The fourth-order valence-corrected chi connectivity index (χ4v) is 5.28. The number of carbonyl (C=O) groups is 2. The second-order valence-electron chi connectivity index (χ2n) is 6.87. The number of hydrogen-bond acceptors (Lipinski definition) is 7. The molecule has 154 valence electrons. The van der Waals surface area contributed by atoms with Crippen molar-refractivity contribution in [2.45, 2.75) is 5.92 Å². The molecule has 0 atom stereocenters. The van der Waals surface area contributed by atoms with Gasteiger partial charge in [0, 0.05) is 23.1 Å². The van der Waals surface area contributed by atoms with Crippen LogP contribution in [0.4, 0.5) is 9.93 Å². The molecule has 0 radical (unpaired) electrons. The number of carbonyl (C=O) groups excluding carboxylic acids is 1. The van der Waals surface area contributed by atoms with Gasteiger partial charge in [-0.3, -0.25) is 5.32 Å². The summed E-state index contributed by atoms with van der Waals surface area (Å²) in [4.78, 5) is 28.5. The Hall–Kier alpha value is -3.56. The molecule has 5 rings (SSSR count). The SMILES string of the molecule is O=C(Nc1nc(C(=O)O)c(-c2cnsc2)s1)OCC1c2ccccc2-c2ccccc21. The van der Waals surface area contributed by atoms with Crippen LogP contribution in [0.5, 0.6) is 0 Å². The smallest absolute Gasteiger partial charge is 0.413 e. The van der Waals surface area contributed by atoms with E-state index in [4.69, 9.17) is 4.74 Å². The molecule has 2 aromatic carbocycles. The average molecular weight is 450 g/mol. The first-order chi connectivity index (χ1) is 15.1. The fraction of sp³-hybridized carbons (Fsp3) is 0.0909. The standard InChI is InChI=1S/C22H15N3O4S2/c26-20(27)18-19(12-9-23-30-11-12)31-21(24-18)25-22(28)29-10-17-15-7-3-1-5-13(15)14-6-2-4-8-16(14)17/h1-9,11,17H,10H2,(H,26,27)(H,24,25,28). The average Bonchev–Trinajstić information content (AvgIpc) is 3.50. The highest BCUT2D eigenvalue weighted by Gasteiger charge is 2.29. The molecule has 0 fully saturated rings. The van der Waals surface area contributed by atoms with E-state index < -0.39 is 12.1 Å². The van der Waals surface area contributed by atoms with Gasteiger partial charge in [-0.25, -0.2) is 18.9 Å². The summed E-state index contributed by atoms with van der Waals surface area (Å²) in [7, 11) is 0. The Morgan fingerprint density at radius 1 is 1.06 bits per heavy atom. The van der Waals surface area contributed by atoms with E-state index in [0.717, 1.165) is 33.6 Å². The Balaban J connectivity index is 1.32. The lowest BCUT2D eigenvalue weighted by Crippen LogP contribution is -2.18. The number of aromatic carboxylic acids is 1. The molecule has 0 unspecified atom stereocenters. The van der Waals surface area contributed by atoms with Crippen molar-refractivity contribution in [2.24, 2.45) is 0 Å². The van der Waals surface area contributed by atoms with Crippen LogP contribution in [0, 0.1) is 0 Å². The Morgan fingerprint density at radius 2 is 1.74 bits per heavy atom. The van der Waals surface area contributed by atoms with Crippen LogP contribution in [0.3, 0.4) is 0 Å². The van der Waals surface area contributed by atoms with Crippen LogP contribution in [-0.2, 0) is 4.74 Å². The highest BCUT2D eigenvalue weighted by Crippen LogP contribution is 2.44. The predicted octanol–water partition coefficient (Wildman–Crippen LogP) is 5.33. The van der Waals surface area contributed by atoms with Gasteiger partial charge in [0.15, 0.2) is 10.8 Å². The number of thiazole rings is 1. The molecular formula is C22H15N3O4S2. The number of anilines is 1. The number of nitrogens with one attached hydrogen (secondary N) is 1. The molecule has 0 spiro atoms. The Morgan fingerprint density at radius 3 is 2.35 bits per heavy atom. The van der Waals surface area contributed by atoms with E-state index in [1.54, 1.807) is 11.6 Å². The van der Waals surface area contributed by atoms with Crippen molar-refractivity contribution in [3.8, 4) is 21.6 Å². The Kier molecular flexibility index (Phi) is 4.97. The quantitative estimate of drug-likeness (QED) is 0.427. The van der Waals surface area contributed by atoms with Gasteiger partial charge < -0.3 is 9.84 Å². The molecule has 1 aliphatic carbocycles. The van der Waals surface area contributed by atoms with Crippen LogP contribution in [0.2, 0.25) is 0 Å². The van der Waals surface area contributed by atoms with Gasteiger partial charge in [-0.05, 0) is 33.8 Å². The van der Waals surface area contributed by atoms with E-state index >= 15 is 0 Å².